The molecule has 1 fully saturated rings. The lowest BCUT2D eigenvalue weighted by Crippen LogP contribution is -2.49. The SMILES string of the molecule is Cc1cc(CN2CC(C(=O)O)C2)cc(C)c1OCc1ccc(Cl)c(F)c1. The molecule has 6 heteroatoms. The third-order valence-corrected chi connectivity index (χ3v) is 4.91. The molecule has 26 heavy (non-hydrogen) atoms. The molecule has 0 radical (unpaired) electrons. The third-order valence-electron chi connectivity index (χ3n) is 4.60. The number of carboxylic acids is 1. The van der Waals surface area contributed by atoms with Crippen molar-refractivity contribution in [2.45, 2.75) is 27.0 Å². The Hall–Kier alpha value is -2.11. The van der Waals surface area contributed by atoms with E-state index in [2.05, 4.69) is 17.0 Å². The number of aryl methyl sites for hydroxylation is 2. The van der Waals surface area contributed by atoms with Crippen LogP contribution in [0.4, 0.5) is 4.39 Å². The van der Waals surface area contributed by atoms with Crippen LogP contribution >= 0.6 is 11.6 Å². The summed E-state index contributed by atoms with van der Waals surface area (Å²) in [5.41, 5.74) is 3.86. The van der Waals surface area contributed by atoms with Crippen LogP contribution in [0.3, 0.4) is 0 Å². The van der Waals surface area contributed by atoms with Gasteiger partial charge >= 0.3 is 5.97 Å². The van der Waals surface area contributed by atoms with Gasteiger partial charge in [0.15, 0.2) is 0 Å². The van der Waals surface area contributed by atoms with Gasteiger partial charge in [-0.15, -0.1) is 0 Å². The molecule has 0 aromatic heterocycles. The largest absolute Gasteiger partial charge is 0.488 e. The first-order valence-corrected chi connectivity index (χ1v) is 8.83. The van der Waals surface area contributed by atoms with Crippen LogP contribution in [0.2, 0.25) is 5.02 Å². The fourth-order valence-corrected chi connectivity index (χ4v) is 3.37. The second kappa shape index (κ2) is 7.64. The summed E-state index contributed by atoms with van der Waals surface area (Å²) in [5, 5.41) is 9.05. The molecule has 1 heterocycles. The number of benzene rings is 2. The summed E-state index contributed by atoms with van der Waals surface area (Å²) in [5.74, 6) is -0.641. The van der Waals surface area contributed by atoms with Gasteiger partial charge in [-0.05, 0) is 48.2 Å². The molecule has 0 unspecified atom stereocenters. The van der Waals surface area contributed by atoms with Crippen molar-refractivity contribution in [3.63, 3.8) is 0 Å². The molecule has 1 N–H and O–H groups in total. The lowest BCUT2D eigenvalue weighted by molar-refractivity contribution is -0.147. The van der Waals surface area contributed by atoms with E-state index >= 15 is 0 Å². The van der Waals surface area contributed by atoms with Crippen molar-refractivity contribution in [3.05, 3.63) is 63.4 Å². The molecule has 0 atom stereocenters. The van der Waals surface area contributed by atoms with E-state index in [4.69, 9.17) is 21.4 Å². The quantitative estimate of drug-likeness (QED) is 0.820. The molecule has 0 amide bonds. The van der Waals surface area contributed by atoms with E-state index in [0.29, 0.717) is 13.1 Å². The van der Waals surface area contributed by atoms with Crippen molar-refractivity contribution in [1.82, 2.24) is 4.90 Å². The number of likely N-dealkylation sites (tertiary alicyclic amines) is 1. The Bertz CT molecular complexity index is 811. The summed E-state index contributed by atoms with van der Waals surface area (Å²) in [6.07, 6.45) is 0. The molecule has 1 aliphatic rings. The predicted molar refractivity (Wildman–Crippen MR) is 98.1 cm³/mol. The lowest BCUT2D eigenvalue weighted by atomic mass is 9.98. The number of aliphatic carboxylic acids is 1. The van der Waals surface area contributed by atoms with E-state index in [-0.39, 0.29) is 17.5 Å². The first kappa shape index (κ1) is 18.7. The van der Waals surface area contributed by atoms with Gasteiger partial charge in [0.25, 0.3) is 0 Å². The molecule has 2 aromatic rings. The van der Waals surface area contributed by atoms with Crippen LogP contribution in [-0.2, 0) is 17.9 Å². The van der Waals surface area contributed by atoms with Crippen LogP contribution in [0.1, 0.15) is 22.3 Å². The minimum Gasteiger partial charge on any atom is -0.488 e. The summed E-state index contributed by atoms with van der Waals surface area (Å²) in [4.78, 5) is 13.0. The molecule has 4 nitrogen and oxygen atoms in total. The van der Waals surface area contributed by atoms with Crippen LogP contribution in [0.25, 0.3) is 0 Å². The van der Waals surface area contributed by atoms with Gasteiger partial charge in [0.2, 0.25) is 0 Å². The Balaban J connectivity index is 1.63. The molecule has 138 valence electrons. The fraction of sp³-hybridized carbons (Fsp3) is 0.350. The maximum absolute atomic E-state index is 13.5. The number of carbonyl (C=O) groups is 1. The molecular weight excluding hydrogens is 357 g/mol. The second-order valence-electron chi connectivity index (χ2n) is 6.83. The third kappa shape index (κ3) is 4.17. The monoisotopic (exact) mass is 377 g/mol. The minimum atomic E-state index is -0.726. The van der Waals surface area contributed by atoms with E-state index in [1.54, 1.807) is 6.07 Å². The van der Waals surface area contributed by atoms with E-state index < -0.39 is 11.8 Å². The van der Waals surface area contributed by atoms with Gasteiger partial charge in [0.1, 0.15) is 18.2 Å². The van der Waals surface area contributed by atoms with Crippen LogP contribution in [0.15, 0.2) is 30.3 Å². The number of hydrogen-bond donors (Lipinski definition) is 1. The first-order chi connectivity index (χ1) is 12.3. The van der Waals surface area contributed by atoms with E-state index in [9.17, 15) is 9.18 Å². The molecule has 0 spiro atoms. The normalized spacial score (nSPS) is 14.9. The summed E-state index contributed by atoms with van der Waals surface area (Å²) in [6, 6.07) is 8.75. The Labute approximate surface area is 157 Å². The number of hydrogen-bond acceptors (Lipinski definition) is 3. The van der Waals surface area contributed by atoms with Crippen molar-refractivity contribution in [3.8, 4) is 5.75 Å². The van der Waals surface area contributed by atoms with Gasteiger partial charge in [0.05, 0.1) is 10.9 Å². The Kier molecular flexibility index (Phi) is 5.49. The molecule has 3 rings (SSSR count). The Morgan fingerprint density at radius 2 is 1.88 bits per heavy atom. The molecule has 2 aromatic carbocycles. The molecular formula is C20H21ClFNO3. The number of ether oxygens (including phenoxy) is 1. The predicted octanol–water partition coefficient (Wildman–Crippen LogP) is 4.19. The van der Waals surface area contributed by atoms with Crippen molar-refractivity contribution >= 4 is 17.6 Å². The Morgan fingerprint density at radius 3 is 2.46 bits per heavy atom. The van der Waals surface area contributed by atoms with Gasteiger partial charge in [0, 0.05) is 19.6 Å². The number of halogens is 2. The molecule has 0 aliphatic carbocycles. The lowest BCUT2D eigenvalue weighted by Gasteiger charge is -2.36. The second-order valence-corrected chi connectivity index (χ2v) is 7.23. The van der Waals surface area contributed by atoms with Crippen LogP contribution < -0.4 is 4.74 Å². The molecule has 0 saturated carbocycles. The van der Waals surface area contributed by atoms with Crippen molar-refractivity contribution in [1.29, 1.82) is 0 Å². The Morgan fingerprint density at radius 1 is 1.23 bits per heavy atom. The van der Waals surface area contributed by atoms with E-state index in [1.807, 2.05) is 13.8 Å². The summed E-state index contributed by atoms with van der Waals surface area (Å²) in [6.45, 7) is 6.13. The maximum Gasteiger partial charge on any atom is 0.309 e. The highest BCUT2D eigenvalue weighted by molar-refractivity contribution is 6.30. The smallest absolute Gasteiger partial charge is 0.309 e. The molecule has 1 aliphatic heterocycles. The van der Waals surface area contributed by atoms with Gasteiger partial charge in [-0.3, -0.25) is 9.69 Å². The van der Waals surface area contributed by atoms with Crippen LogP contribution in [0, 0.1) is 25.6 Å². The highest BCUT2D eigenvalue weighted by atomic mass is 35.5. The number of rotatable bonds is 6. The minimum absolute atomic E-state index is 0.0987. The number of nitrogens with zero attached hydrogens (tertiary/aromatic N) is 1. The summed E-state index contributed by atoms with van der Waals surface area (Å²) in [7, 11) is 0. The topological polar surface area (TPSA) is 49.8 Å². The van der Waals surface area contributed by atoms with Crippen LogP contribution in [-0.4, -0.2) is 29.1 Å². The van der Waals surface area contributed by atoms with Crippen molar-refractivity contribution < 1.29 is 19.0 Å². The van der Waals surface area contributed by atoms with E-state index in [1.165, 1.54) is 12.1 Å². The average Bonchev–Trinajstić information content (AvgIpc) is 2.52. The zero-order valence-electron chi connectivity index (χ0n) is 14.8. The first-order valence-electron chi connectivity index (χ1n) is 8.45. The standard InChI is InChI=1S/C20H21ClFNO3/c1-12-5-15(8-23-9-16(10-23)20(24)25)6-13(2)19(12)26-11-14-3-4-17(21)18(22)7-14/h3-7,16H,8-11H2,1-2H3,(H,24,25). The number of carboxylic acid groups (broad SMARTS) is 1. The van der Waals surface area contributed by atoms with Gasteiger partial charge in [-0.25, -0.2) is 4.39 Å². The average molecular weight is 378 g/mol. The highest BCUT2D eigenvalue weighted by Gasteiger charge is 2.32. The van der Waals surface area contributed by atoms with Crippen molar-refractivity contribution in [2.24, 2.45) is 5.92 Å². The van der Waals surface area contributed by atoms with E-state index in [0.717, 1.165) is 34.5 Å². The zero-order chi connectivity index (χ0) is 18.8. The summed E-state index contributed by atoms with van der Waals surface area (Å²) >= 11 is 5.70. The van der Waals surface area contributed by atoms with Crippen molar-refractivity contribution in [2.75, 3.05) is 13.1 Å². The van der Waals surface area contributed by atoms with Gasteiger partial charge in [-0.2, -0.15) is 0 Å². The van der Waals surface area contributed by atoms with Crippen LogP contribution in [0.5, 0.6) is 5.75 Å². The zero-order valence-corrected chi connectivity index (χ0v) is 15.5. The van der Waals surface area contributed by atoms with Gasteiger partial charge in [-0.1, -0.05) is 29.8 Å². The summed E-state index contributed by atoms with van der Waals surface area (Å²) < 4.78 is 19.4. The van der Waals surface area contributed by atoms with Gasteiger partial charge < -0.3 is 9.84 Å². The maximum atomic E-state index is 13.5. The highest BCUT2D eigenvalue weighted by Crippen LogP contribution is 2.28. The molecule has 0 bridgehead atoms. The fourth-order valence-electron chi connectivity index (χ4n) is 3.26. The molecule has 1 saturated heterocycles.